The summed E-state index contributed by atoms with van der Waals surface area (Å²) < 4.78 is 10.9. The number of hydrogen-bond donors (Lipinski definition) is 0. The van der Waals surface area contributed by atoms with E-state index in [9.17, 15) is 9.59 Å². The van der Waals surface area contributed by atoms with Crippen molar-refractivity contribution >= 4 is 23.5 Å². The van der Waals surface area contributed by atoms with Crippen molar-refractivity contribution in [2.75, 3.05) is 12.4 Å². The van der Waals surface area contributed by atoms with Gasteiger partial charge in [-0.1, -0.05) is 71.9 Å². The maximum atomic E-state index is 13.0. The molecule has 5 rings (SSSR count). The van der Waals surface area contributed by atoms with E-state index in [-0.39, 0.29) is 11.8 Å². The van der Waals surface area contributed by atoms with Gasteiger partial charge in [0.2, 0.25) is 0 Å². The van der Waals surface area contributed by atoms with Crippen LogP contribution in [0, 0.1) is 6.92 Å². The van der Waals surface area contributed by atoms with Gasteiger partial charge in [-0.2, -0.15) is 0 Å². The number of aryl methyl sites for hydroxylation is 1. The molecule has 0 N–H and O–H groups in total. The van der Waals surface area contributed by atoms with Gasteiger partial charge in [-0.3, -0.25) is 9.59 Å². The molecule has 5 nitrogen and oxygen atoms in total. The number of ether oxygens (including phenoxy) is 1. The van der Waals surface area contributed by atoms with Crippen LogP contribution < -0.4 is 0 Å². The molecule has 1 heterocycles. The Morgan fingerprint density at radius 1 is 0.917 bits per heavy atom. The zero-order valence-electron chi connectivity index (χ0n) is 20.3. The zero-order chi connectivity index (χ0) is 25.1. The minimum absolute atomic E-state index is 0.00660. The van der Waals surface area contributed by atoms with Gasteiger partial charge in [0.25, 0.3) is 0 Å². The number of carbonyl (C=O) groups is 2. The van der Waals surface area contributed by atoms with Crippen molar-refractivity contribution in [2.45, 2.75) is 37.0 Å². The second-order valence-corrected chi connectivity index (χ2v) is 10.0. The van der Waals surface area contributed by atoms with E-state index in [0.717, 1.165) is 40.0 Å². The van der Waals surface area contributed by atoms with Gasteiger partial charge >= 0.3 is 5.97 Å². The minimum Gasteiger partial charge on any atom is -0.465 e. The number of esters is 1. The first kappa shape index (κ1) is 24.1. The number of nitrogens with zero attached hydrogens (tertiary/aromatic N) is 1. The van der Waals surface area contributed by atoms with Gasteiger partial charge in [0, 0.05) is 10.5 Å². The van der Waals surface area contributed by atoms with Crippen LogP contribution in [0.5, 0.6) is 0 Å². The highest BCUT2D eigenvalue weighted by Crippen LogP contribution is 2.49. The monoisotopic (exact) mass is 497 g/mol. The van der Waals surface area contributed by atoms with Crippen molar-refractivity contribution in [3.8, 4) is 22.5 Å². The molecule has 6 heteroatoms. The summed E-state index contributed by atoms with van der Waals surface area (Å²) in [7, 11) is 0. The normalized spacial score (nSPS) is 13.8. The highest BCUT2D eigenvalue weighted by molar-refractivity contribution is 8.00. The maximum absolute atomic E-state index is 13.0. The summed E-state index contributed by atoms with van der Waals surface area (Å²) >= 11 is 1.50. The van der Waals surface area contributed by atoms with Crippen LogP contribution in [0.25, 0.3) is 22.5 Å². The van der Waals surface area contributed by atoms with Crippen LogP contribution in [0.3, 0.4) is 0 Å². The van der Waals surface area contributed by atoms with E-state index < -0.39 is 5.41 Å². The lowest BCUT2D eigenvalue weighted by Crippen LogP contribution is -2.23. The molecule has 3 aromatic carbocycles. The minimum atomic E-state index is -0.468. The fourth-order valence-electron chi connectivity index (χ4n) is 4.43. The highest BCUT2D eigenvalue weighted by Gasteiger charge is 2.52. The van der Waals surface area contributed by atoms with Crippen LogP contribution in [-0.2, 0) is 14.9 Å². The van der Waals surface area contributed by atoms with Gasteiger partial charge in [0.05, 0.1) is 29.0 Å². The molecule has 1 aliphatic rings. The van der Waals surface area contributed by atoms with E-state index in [1.54, 1.807) is 6.92 Å². The second kappa shape index (κ2) is 10.2. The lowest BCUT2D eigenvalue weighted by molar-refractivity contribution is -0.146. The second-order valence-electron chi connectivity index (χ2n) is 8.95. The molecule has 0 unspecified atom stereocenters. The van der Waals surface area contributed by atoms with Crippen molar-refractivity contribution in [1.29, 1.82) is 0 Å². The zero-order valence-corrected chi connectivity index (χ0v) is 21.1. The number of thioether (sulfide) groups is 1. The van der Waals surface area contributed by atoms with E-state index in [1.807, 2.05) is 85.8 Å². The van der Waals surface area contributed by atoms with Gasteiger partial charge in [-0.05, 0) is 55.5 Å². The first-order chi connectivity index (χ1) is 17.5. The van der Waals surface area contributed by atoms with Gasteiger partial charge in [-0.15, -0.1) is 11.8 Å². The molecule has 1 aromatic heterocycles. The molecule has 4 aromatic rings. The lowest BCUT2D eigenvalue weighted by atomic mass is 9.93. The van der Waals surface area contributed by atoms with E-state index in [4.69, 9.17) is 9.26 Å². The van der Waals surface area contributed by atoms with Crippen LogP contribution in [0.4, 0.5) is 0 Å². The SMILES string of the molecule is CCOC(=O)C1(c2ccc(-c3ccc(-c4onc(C)c4C(=O)CSc4ccccc4)cc3)cc2)CC1. The average Bonchev–Trinajstić information content (AvgIpc) is 3.64. The van der Waals surface area contributed by atoms with Gasteiger partial charge in [0.15, 0.2) is 11.5 Å². The number of benzene rings is 3. The van der Waals surface area contributed by atoms with Crippen molar-refractivity contribution < 1.29 is 18.8 Å². The van der Waals surface area contributed by atoms with Crippen molar-refractivity contribution in [1.82, 2.24) is 5.16 Å². The molecule has 1 fully saturated rings. The van der Waals surface area contributed by atoms with Crippen LogP contribution in [0.2, 0.25) is 0 Å². The van der Waals surface area contributed by atoms with Crippen LogP contribution >= 0.6 is 11.8 Å². The van der Waals surface area contributed by atoms with E-state index in [0.29, 0.717) is 29.4 Å². The van der Waals surface area contributed by atoms with E-state index >= 15 is 0 Å². The molecule has 0 bridgehead atoms. The Hall–Kier alpha value is -3.64. The topological polar surface area (TPSA) is 69.4 Å². The van der Waals surface area contributed by atoms with Crippen molar-refractivity contribution in [3.05, 3.63) is 95.7 Å². The number of Topliss-reactive ketones (excluding diaryl/α,β-unsaturated/α-hetero) is 1. The van der Waals surface area contributed by atoms with Crippen molar-refractivity contribution in [3.63, 3.8) is 0 Å². The third-order valence-electron chi connectivity index (χ3n) is 6.59. The number of carbonyl (C=O) groups excluding carboxylic acids is 2. The molecule has 0 spiro atoms. The summed E-state index contributed by atoms with van der Waals surface area (Å²) in [5.41, 5.74) is 4.57. The van der Waals surface area contributed by atoms with E-state index in [2.05, 4.69) is 5.16 Å². The smallest absolute Gasteiger partial charge is 0.316 e. The first-order valence-electron chi connectivity index (χ1n) is 12.1. The molecular formula is C30H27NO4S. The third-order valence-corrected chi connectivity index (χ3v) is 7.60. The Bertz CT molecular complexity index is 1370. The summed E-state index contributed by atoms with van der Waals surface area (Å²) in [4.78, 5) is 26.5. The summed E-state index contributed by atoms with van der Waals surface area (Å²) in [6.45, 7) is 4.03. The highest BCUT2D eigenvalue weighted by atomic mass is 32.2. The Morgan fingerprint density at radius 2 is 1.53 bits per heavy atom. The Labute approximate surface area is 214 Å². The summed E-state index contributed by atoms with van der Waals surface area (Å²) in [6.07, 6.45) is 1.67. The molecule has 0 aliphatic heterocycles. The summed E-state index contributed by atoms with van der Waals surface area (Å²) in [5, 5.41) is 4.07. The Kier molecular flexibility index (Phi) is 6.79. The summed E-state index contributed by atoms with van der Waals surface area (Å²) in [5.74, 6) is 0.680. The molecule has 0 radical (unpaired) electrons. The third kappa shape index (κ3) is 4.73. The van der Waals surface area contributed by atoms with Crippen LogP contribution in [0.15, 0.2) is 88.3 Å². The molecule has 182 valence electrons. The molecule has 36 heavy (non-hydrogen) atoms. The molecule has 0 amide bonds. The van der Waals surface area contributed by atoms with Gasteiger partial charge in [0.1, 0.15) is 0 Å². The predicted molar refractivity (Wildman–Crippen MR) is 141 cm³/mol. The predicted octanol–water partition coefficient (Wildman–Crippen LogP) is 6.89. The molecule has 1 saturated carbocycles. The molecule has 0 atom stereocenters. The lowest BCUT2D eigenvalue weighted by Gasteiger charge is -2.14. The van der Waals surface area contributed by atoms with Gasteiger partial charge in [-0.25, -0.2) is 0 Å². The molecular weight excluding hydrogens is 470 g/mol. The molecule has 1 aliphatic carbocycles. The Morgan fingerprint density at radius 3 is 2.14 bits per heavy atom. The fourth-order valence-corrected chi connectivity index (χ4v) is 5.23. The Balaban J connectivity index is 1.32. The molecule has 0 saturated heterocycles. The largest absolute Gasteiger partial charge is 0.465 e. The summed E-state index contributed by atoms with van der Waals surface area (Å²) in [6, 6.07) is 25.9. The quantitative estimate of drug-likeness (QED) is 0.143. The van der Waals surface area contributed by atoms with Crippen LogP contribution in [-0.4, -0.2) is 29.3 Å². The number of hydrogen-bond acceptors (Lipinski definition) is 6. The van der Waals surface area contributed by atoms with Crippen molar-refractivity contribution in [2.24, 2.45) is 0 Å². The maximum Gasteiger partial charge on any atom is 0.316 e. The number of ketones is 1. The number of aromatic nitrogens is 1. The number of rotatable bonds is 9. The van der Waals surface area contributed by atoms with E-state index in [1.165, 1.54) is 11.8 Å². The van der Waals surface area contributed by atoms with Crippen LogP contribution in [0.1, 0.15) is 41.4 Å². The first-order valence-corrected chi connectivity index (χ1v) is 13.1. The standard InChI is InChI=1S/C30H27NO4S/c1-3-34-29(33)30(17-18-30)24-15-13-22(14-16-24)21-9-11-23(12-10-21)28-27(20(2)31-35-28)26(32)19-36-25-7-5-4-6-8-25/h4-16H,3,17-19H2,1-2H3. The fraction of sp³-hybridized carbons (Fsp3) is 0.233. The average molecular weight is 498 g/mol. The van der Waals surface area contributed by atoms with Gasteiger partial charge < -0.3 is 9.26 Å².